The summed E-state index contributed by atoms with van der Waals surface area (Å²) in [4.78, 5) is 15.7. The van der Waals surface area contributed by atoms with Gasteiger partial charge in [-0.1, -0.05) is 29.8 Å². The topological polar surface area (TPSA) is 54.5 Å². The molecular weight excluding hydrogens is 378 g/mol. The summed E-state index contributed by atoms with van der Waals surface area (Å²) in [6.45, 7) is 0. The number of rotatable bonds is 3. The molecule has 0 N–H and O–H groups in total. The maximum atomic E-state index is 12.9. The lowest BCUT2D eigenvalue weighted by atomic mass is 10.0. The van der Waals surface area contributed by atoms with Crippen molar-refractivity contribution in [3.8, 4) is 0 Å². The molecule has 25 heavy (non-hydrogen) atoms. The van der Waals surface area contributed by atoms with Gasteiger partial charge in [0.15, 0.2) is 9.84 Å². The summed E-state index contributed by atoms with van der Waals surface area (Å²) < 4.78 is 26.5. The summed E-state index contributed by atoms with van der Waals surface area (Å²) in [6, 6.07) is 12.1. The van der Waals surface area contributed by atoms with Crippen LogP contribution in [0.15, 0.2) is 47.4 Å². The molecule has 2 aliphatic rings. The van der Waals surface area contributed by atoms with Crippen LogP contribution < -0.4 is 0 Å². The molecule has 4 rings (SSSR count). The van der Waals surface area contributed by atoms with Crippen LogP contribution in [0, 0.1) is 0 Å². The van der Waals surface area contributed by atoms with E-state index in [0.717, 1.165) is 12.8 Å². The number of hydrogen-bond acceptors (Lipinski definition) is 4. The molecule has 2 aromatic rings. The summed E-state index contributed by atoms with van der Waals surface area (Å²) >= 11 is 7.23. The lowest BCUT2D eigenvalue weighted by molar-refractivity contribution is 0.0603. The van der Waals surface area contributed by atoms with Crippen molar-refractivity contribution in [3.05, 3.63) is 51.7 Å². The van der Waals surface area contributed by atoms with E-state index in [4.69, 9.17) is 11.6 Å². The van der Waals surface area contributed by atoms with E-state index in [1.807, 2.05) is 11.0 Å². The zero-order chi connectivity index (χ0) is 17.6. The van der Waals surface area contributed by atoms with Gasteiger partial charge in [-0.2, -0.15) is 0 Å². The maximum absolute atomic E-state index is 12.9. The molecule has 1 aromatic carbocycles. The summed E-state index contributed by atoms with van der Waals surface area (Å²) in [5, 5.41) is -0.414. The van der Waals surface area contributed by atoms with Gasteiger partial charge < -0.3 is 4.90 Å². The van der Waals surface area contributed by atoms with Crippen LogP contribution in [0.4, 0.5) is 0 Å². The highest BCUT2D eigenvalue weighted by Crippen LogP contribution is 2.41. The largest absolute Gasteiger partial charge is 0.332 e. The third-order valence-electron chi connectivity index (χ3n) is 5.22. The molecule has 2 fully saturated rings. The second-order valence-corrected chi connectivity index (χ2v) is 10.6. The molecule has 2 bridgehead atoms. The van der Waals surface area contributed by atoms with Gasteiger partial charge in [-0.15, -0.1) is 11.3 Å². The second kappa shape index (κ2) is 6.41. The molecule has 3 heterocycles. The van der Waals surface area contributed by atoms with Gasteiger partial charge >= 0.3 is 0 Å². The number of hydrogen-bond donors (Lipinski definition) is 0. The van der Waals surface area contributed by atoms with Crippen molar-refractivity contribution in [1.82, 2.24) is 4.90 Å². The van der Waals surface area contributed by atoms with Crippen LogP contribution in [-0.2, 0) is 9.84 Å². The van der Waals surface area contributed by atoms with Crippen LogP contribution in [0.2, 0.25) is 4.34 Å². The molecule has 2 unspecified atom stereocenters. The Bertz CT molecular complexity index is 880. The second-order valence-electron chi connectivity index (χ2n) is 6.65. The van der Waals surface area contributed by atoms with Gasteiger partial charge in [0.25, 0.3) is 5.91 Å². The molecule has 0 radical (unpaired) electrons. The predicted molar refractivity (Wildman–Crippen MR) is 99.0 cm³/mol. The molecular formula is C18H18ClNO3S2. The Balaban J connectivity index is 1.57. The monoisotopic (exact) mass is 395 g/mol. The van der Waals surface area contributed by atoms with Gasteiger partial charge in [0.05, 0.1) is 19.4 Å². The molecule has 1 amide bonds. The average molecular weight is 396 g/mol. The van der Waals surface area contributed by atoms with Crippen LogP contribution >= 0.6 is 22.9 Å². The molecule has 132 valence electrons. The lowest BCUT2D eigenvalue weighted by Crippen LogP contribution is -2.49. The van der Waals surface area contributed by atoms with Gasteiger partial charge in [-0.25, -0.2) is 8.42 Å². The number of halogens is 1. The van der Waals surface area contributed by atoms with Gasteiger partial charge in [-0.3, -0.25) is 4.79 Å². The van der Waals surface area contributed by atoms with Crippen molar-refractivity contribution in [2.45, 2.75) is 47.9 Å². The van der Waals surface area contributed by atoms with Crippen LogP contribution in [-0.4, -0.2) is 36.6 Å². The van der Waals surface area contributed by atoms with Crippen molar-refractivity contribution in [1.29, 1.82) is 0 Å². The van der Waals surface area contributed by atoms with E-state index in [-0.39, 0.29) is 18.0 Å². The fraction of sp³-hybridized carbons (Fsp3) is 0.389. The number of fused-ring (bicyclic) bond motifs is 2. The van der Waals surface area contributed by atoms with E-state index in [9.17, 15) is 13.2 Å². The highest BCUT2D eigenvalue weighted by molar-refractivity contribution is 7.92. The Labute approximate surface area is 156 Å². The molecule has 4 nitrogen and oxygen atoms in total. The minimum Gasteiger partial charge on any atom is -0.332 e. The first-order valence-electron chi connectivity index (χ1n) is 8.34. The van der Waals surface area contributed by atoms with Crippen LogP contribution in [0.5, 0.6) is 0 Å². The van der Waals surface area contributed by atoms with Gasteiger partial charge in [-0.05, 0) is 49.9 Å². The molecule has 2 aliphatic heterocycles. The van der Waals surface area contributed by atoms with Crippen molar-refractivity contribution in [2.24, 2.45) is 0 Å². The number of sulfone groups is 1. The SMILES string of the molecule is O=C(c1ccc(Cl)s1)N1C2CCC1CC(S(=O)(=O)c1ccccc1)C2. The van der Waals surface area contributed by atoms with Crippen molar-refractivity contribution < 1.29 is 13.2 Å². The first-order valence-corrected chi connectivity index (χ1v) is 11.1. The summed E-state index contributed by atoms with van der Waals surface area (Å²) in [7, 11) is -3.35. The zero-order valence-corrected chi connectivity index (χ0v) is 15.9. The minimum atomic E-state index is -3.35. The first kappa shape index (κ1) is 17.1. The Hall–Kier alpha value is -1.37. The quantitative estimate of drug-likeness (QED) is 0.788. The number of carbonyl (C=O) groups excluding carboxylic acids is 1. The number of carbonyl (C=O) groups is 1. The average Bonchev–Trinajstić information content (AvgIpc) is 3.15. The smallest absolute Gasteiger partial charge is 0.264 e. The molecule has 7 heteroatoms. The molecule has 0 spiro atoms. The van der Waals surface area contributed by atoms with Crippen LogP contribution in [0.3, 0.4) is 0 Å². The van der Waals surface area contributed by atoms with Crippen LogP contribution in [0.1, 0.15) is 35.4 Å². The molecule has 1 aromatic heterocycles. The molecule has 2 atom stereocenters. The van der Waals surface area contributed by atoms with E-state index >= 15 is 0 Å². The molecule has 2 saturated heterocycles. The number of amides is 1. The Morgan fingerprint density at radius 2 is 1.68 bits per heavy atom. The summed E-state index contributed by atoms with van der Waals surface area (Å²) in [6.07, 6.45) is 2.77. The van der Waals surface area contributed by atoms with Crippen molar-refractivity contribution in [2.75, 3.05) is 0 Å². The Morgan fingerprint density at radius 3 is 2.24 bits per heavy atom. The lowest BCUT2D eigenvalue weighted by Gasteiger charge is -2.38. The highest BCUT2D eigenvalue weighted by atomic mass is 35.5. The fourth-order valence-electron chi connectivity index (χ4n) is 4.07. The number of benzene rings is 1. The summed E-state index contributed by atoms with van der Waals surface area (Å²) in [5.74, 6) is -0.0139. The van der Waals surface area contributed by atoms with E-state index < -0.39 is 15.1 Å². The number of nitrogens with zero attached hydrogens (tertiary/aromatic N) is 1. The van der Waals surface area contributed by atoms with Gasteiger partial charge in [0.1, 0.15) is 0 Å². The predicted octanol–water partition coefficient (Wildman–Crippen LogP) is 4.01. The standard InChI is InChI=1S/C18H18ClNO3S2/c19-17-9-8-16(24-17)18(21)20-12-6-7-13(20)11-15(10-12)25(22,23)14-4-2-1-3-5-14/h1-5,8-9,12-13,15H,6-7,10-11H2. The van der Waals surface area contributed by atoms with E-state index in [1.54, 1.807) is 36.4 Å². The first-order chi connectivity index (χ1) is 12.0. The van der Waals surface area contributed by atoms with Gasteiger partial charge in [0.2, 0.25) is 0 Å². The normalized spacial score (nSPS) is 26.0. The van der Waals surface area contributed by atoms with Crippen LogP contribution in [0.25, 0.3) is 0 Å². The number of piperidine rings is 1. The fourth-order valence-corrected chi connectivity index (χ4v) is 6.93. The van der Waals surface area contributed by atoms with Gasteiger partial charge in [0, 0.05) is 12.1 Å². The Kier molecular flexibility index (Phi) is 4.38. The summed E-state index contributed by atoms with van der Waals surface area (Å²) in [5.41, 5.74) is 0. The zero-order valence-electron chi connectivity index (χ0n) is 13.5. The van der Waals surface area contributed by atoms with Crippen molar-refractivity contribution >= 4 is 38.7 Å². The van der Waals surface area contributed by atoms with E-state index in [0.29, 0.717) is 27.0 Å². The number of thiophene rings is 1. The molecule has 0 saturated carbocycles. The maximum Gasteiger partial charge on any atom is 0.264 e. The van der Waals surface area contributed by atoms with Crippen molar-refractivity contribution in [3.63, 3.8) is 0 Å². The van der Waals surface area contributed by atoms with E-state index in [1.165, 1.54) is 11.3 Å². The third-order valence-corrected chi connectivity index (χ3v) is 8.63. The Morgan fingerprint density at radius 1 is 1.04 bits per heavy atom. The third kappa shape index (κ3) is 3.00. The van der Waals surface area contributed by atoms with E-state index in [2.05, 4.69) is 0 Å². The molecule has 0 aliphatic carbocycles. The minimum absolute atomic E-state index is 0.00406. The highest BCUT2D eigenvalue weighted by Gasteiger charge is 2.47.